The molecule has 0 fully saturated rings. The quantitative estimate of drug-likeness (QED) is 0.112. The monoisotopic (exact) mass is 484 g/mol. The van der Waals surface area contributed by atoms with Gasteiger partial charge in [-0.15, -0.1) is 26.3 Å². The molecule has 0 N–H and O–H groups in total. The largest absolute Gasteiger partial charge is 0.394 e. The van der Waals surface area contributed by atoms with E-state index in [1.165, 1.54) is 0 Å². The molecule has 0 amide bonds. The molecule has 0 radical (unpaired) electrons. The number of hydrogen-bond donors (Lipinski definition) is 0. The van der Waals surface area contributed by atoms with Crippen molar-refractivity contribution in [2.75, 3.05) is 26.4 Å². The molecule has 6 heteroatoms. The summed E-state index contributed by atoms with van der Waals surface area (Å²) in [5, 5.41) is 0. The predicted octanol–water partition coefficient (Wildman–Crippen LogP) is 8.09. The Morgan fingerprint density at radius 3 is 1.00 bits per heavy atom. The zero-order chi connectivity index (χ0) is 25.2. The van der Waals surface area contributed by atoms with Gasteiger partial charge in [0.25, 0.3) is 0 Å². The summed E-state index contributed by atoms with van der Waals surface area (Å²) in [5.74, 6) is 0. The van der Waals surface area contributed by atoms with Crippen molar-refractivity contribution < 1.29 is 17.7 Å². The minimum atomic E-state index is -2.13. The highest BCUT2D eigenvalue weighted by molar-refractivity contribution is 6.70. The molecule has 0 rings (SSSR count). The van der Waals surface area contributed by atoms with Crippen molar-refractivity contribution in [3.05, 3.63) is 50.6 Å². The first-order valence-corrected chi connectivity index (χ1v) is 16.0. The van der Waals surface area contributed by atoms with Crippen LogP contribution >= 0.6 is 0 Å². The highest BCUT2D eigenvalue weighted by Gasteiger charge is 2.45. The van der Waals surface area contributed by atoms with Gasteiger partial charge >= 0.3 is 17.1 Å². The van der Waals surface area contributed by atoms with E-state index in [2.05, 4.69) is 81.7 Å². The van der Waals surface area contributed by atoms with E-state index in [-0.39, 0.29) is 0 Å². The molecular weight excluding hydrogens is 432 g/mol. The molecule has 0 unspecified atom stereocenters. The zero-order valence-corrected chi connectivity index (χ0v) is 24.3. The highest BCUT2D eigenvalue weighted by Crippen LogP contribution is 2.35. The zero-order valence-electron chi connectivity index (χ0n) is 22.3. The molecule has 0 aromatic rings. The second-order valence-electron chi connectivity index (χ2n) is 9.11. The van der Waals surface area contributed by atoms with Gasteiger partial charge in [0.1, 0.15) is 0 Å². The molecule has 0 aromatic heterocycles. The summed E-state index contributed by atoms with van der Waals surface area (Å²) in [4.78, 5) is 0. The van der Waals surface area contributed by atoms with Gasteiger partial charge in [-0.2, -0.15) is 0 Å². The molecule has 0 aliphatic carbocycles. The van der Waals surface area contributed by atoms with E-state index in [0.717, 1.165) is 26.1 Å². The molecular formula is C26H52O4Si2. The van der Waals surface area contributed by atoms with Crippen LogP contribution in [0.3, 0.4) is 0 Å². The fourth-order valence-electron chi connectivity index (χ4n) is 3.73. The molecule has 0 aliphatic heterocycles. The molecule has 0 saturated carbocycles. The maximum absolute atomic E-state index is 6.15. The standard InChI is InChI=1S/C14H28O2Si.C12H24O2Si/c1-7-9-11-15-17(13(3)4,14(5)6)16-12-10-8-2;1-7-9-13-15(11(3)4,12(5)6)14-10-8-2/h7-8,13-14H,1-2,9-12H2,3-6H3;7-8,11-12H,1-2,9-10H2,3-6H3. The van der Waals surface area contributed by atoms with E-state index in [9.17, 15) is 0 Å². The van der Waals surface area contributed by atoms with Crippen molar-refractivity contribution in [1.82, 2.24) is 0 Å². The summed E-state index contributed by atoms with van der Waals surface area (Å²) in [5.41, 5.74) is 1.77. The Hall–Kier alpha value is -0.766. The Morgan fingerprint density at radius 2 is 0.781 bits per heavy atom. The first kappa shape index (κ1) is 33.4. The van der Waals surface area contributed by atoms with Crippen molar-refractivity contribution >= 4 is 17.1 Å². The molecule has 4 nitrogen and oxygen atoms in total. The molecule has 0 saturated heterocycles. The summed E-state index contributed by atoms with van der Waals surface area (Å²) in [6.45, 7) is 34.9. The lowest BCUT2D eigenvalue weighted by Gasteiger charge is -2.37. The second-order valence-corrected chi connectivity index (χ2v) is 17.8. The van der Waals surface area contributed by atoms with Crippen molar-refractivity contribution in [3.8, 4) is 0 Å². The Kier molecular flexibility index (Phi) is 19.5. The summed E-state index contributed by atoms with van der Waals surface area (Å²) >= 11 is 0. The van der Waals surface area contributed by atoms with Crippen LogP contribution in [0.1, 0.15) is 68.2 Å². The predicted molar refractivity (Wildman–Crippen MR) is 146 cm³/mol. The van der Waals surface area contributed by atoms with E-state index in [1.54, 1.807) is 12.2 Å². The van der Waals surface area contributed by atoms with Crippen molar-refractivity contribution in [1.29, 1.82) is 0 Å². The minimum absolute atomic E-state index is 0.428. The molecule has 0 aromatic carbocycles. The van der Waals surface area contributed by atoms with Crippen LogP contribution in [0.15, 0.2) is 50.6 Å². The molecule has 0 bridgehead atoms. The van der Waals surface area contributed by atoms with Gasteiger partial charge in [0.2, 0.25) is 0 Å². The molecule has 188 valence electrons. The van der Waals surface area contributed by atoms with E-state index in [4.69, 9.17) is 17.7 Å². The Morgan fingerprint density at radius 1 is 0.500 bits per heavy atom. The van der Waals surface area contributed by atoms with Gasteiger partial charge in [-0.1, -0.05) is 79.7 Å². The van der Waals surface area contributed by atoms with Gasteiger partial charge in [0.05, 0.1) is 13.2 Å². The van der Waals surface area contributed by atoms with Crippen molar-refractivity contribution in [2.24, 2.45) is 0 Å². The first-order valence-electron chi connectivity index (χ1n) is 12.0. The second kappa shape index (κ2) is 18.6. The van der Waals surface area contributed by atoms with Gasteiger partial charge in [0, 0.05) is 13.2 Å². The van der Waals surface area contributed by atoms with Crippen LogP contribution in [0, 0.1) is 0 Å². The molecule has 0 aliphatic rings. The van der Waals surface area contributed by atoms with E-state index >= 15 is 0 Å². The maximum Gasteiger partial charge on any atom is 0.343 e. The number of hydrogen-bond acceptors (Lipinski definition) is 4. The van der Waals surface area contributed by atoms with Crippen LogP contribution < -0.4 is 0 Å². The summed E-state index contributed by atoms with van der Waals surface area (Å²) in [6, 6.07) is 0. The minimum Gasteiger partial charge on any atom is -0.394 e. The third-order valence-corrected chi connectivity index (χ3v) is 14.4. The van der Waals surface area contributed by atoms with Gasteiger partial charge in [0.15, 0.2) is 0 Å². The van der Waals surface area contributed by atoms with Crippen LogP contribution in [0.4, 0.5) is 0 Å². The third kappa shape index (κ3) is 11.4. The normalized spacial score (nSPS) is 12.1. The Bertz CT molecular complexity index is 470. The lowest BCUT2D eigenvalue weighted by molar-refractivity contribution is 0.157. The van der Waals surface area contributed by atoms with Crippen LogP contribution in [0.5, 0.6) is 0 Å². The molecule has 0 atom stereocenters. The number of rotatable bonds is 18. The molecule has 0 heterocycles. The van der Waals surface area contributed by atoms with E-state index < -0.39 is 17.1 Å². The van der Waals surface area contributed by atoms with Crippen molar-refractivity contribution in [3.63, 3.8) is 0 Å². The van der Waals surface area contributed by atoms with Crippen molar-refractivity contribution in [2.45, 2.75) is 90.4 Å². The summed E-state index contributed by atoms with van der Waals surface area (Å²) < 4.78 is 24.2. The Balaban J connectivity index is 0. The SMILES string of the molecule is C=CCCO[Si](OCCC=C)(C(C)C)C(C)C.C=CCO[Si](OCC=C)(C(C)C)C(C)C. The van der Waals surface area contributed by atoms with Gasteiger partial charge in [-0.05, 0) is 35.0 Å². The smallest absolute Gasteiger partial charge is 0.343 e. The lowest BCUT2D eigenvalue weighted by Crippen LogP contribution is -2.48. The lowest BCUT2D eigenvalue weighted by atomic mass is 10.5. The fourth-order valence-corrected chi connectivity index (χ4v) is 10.9. The van der Waals surface area contributed by atoms with E-state index in [0.29, 0.717) is 35.4 Å². The topological polar surface area (TPSA) is 36.9 Å². The summed E-state index contributed by atoms with van der Waals surface area (Å²) in [7, 11) is -4.25. The van der Waals surface area contributed by atoms with Gasteiger partial charge < -0.3 is 17.7 Å². The van der Waals surface area contributed by atoms with Gasteiger partial charge in [-0.25, -0.2) is 0 Å². The highest BCUT2D eigenvalue weighted by atomic mass is 28.4. The van der Waals surface area contributed by atoms with Gasteiger partial charge in [-0.3, -0.25) is 0 Å². The van der Waals surface area contributed by atoms with Crippen LogP contribution in [-0.4, -0.2) is 43.5 Å². The average molecular weight is 485 g/mol. The molecule has 32 heavy (non-hydrogen) atoms. The Labute approximate surface area is 202 Å². The summed E-state index contributed by atoms with van der Waals surface area (Å²) in [6.07, 6.45) is 9.12. The van der Waals surface area contributed by atoms with Crippen LogP contribution in [-0.2, 0) is 17.7 Å². The van der Waals surface area contributed by atoms with Crippen LogP contribution in [0.2, 0.25) is 22.2 Å². The van der Waals surface area contributed by atoms with E-state index in [1.807, 2.05) is 12.2 Å². The average Bonchev–Trinajstić information content (AvgIpc) is 2.72. The van der Waals surface area contributed by atoms with Crippen LogP contribution in [0.25, 0.3) is 0 Å². The first-order chi connectivity index (χ1) is 15.0. The fraction of sp³-hybridized carbons (Fsp3) is 0.692. The third-order valence-electron chi connectivity index (χ3n) is 5.37. The maximum atomic E-state index is 6.15. The molecule has 0 spiro atoms.